The zero-order valence-electron chi connectivity index (χ0n) is 15.4. The second kappa shape index (κ2) is 10.7. The van der Waals surface area contributed by atoms with E-state index < -0.39 is 0 Å². The van der Waals surface area contributed by atoms with Gasteiger partial charge in [0.2, 0.25) is 5.91 Å². The van der Waals surface area contributed by atoms with Crippen molar-refractivity contribution in [3.63, 3.8) is 0 Å². The predicted octanol–water partition coefficient (Wildman–Crippen LogP) is 2.70. The number of nitrogens with zero attached hydrogens (tertiary/aromatic N) is 2. The second-order valence-corrected chi connectivity index (χ2v) is 6.61. The first-order valence-electron chi connectivity index (χ1n) is 8.97. The molecule has 8 heteroatoms. The summed E-state index contributed by atoms with van der Waals surface area (Å²) in [4.78, 5) is 26.4. The van der Waals surface area contributed by atoms with E-state index in [0.29, 0.717) is 35.0 Å². The lowest BCUT2D eigenvalue weighted by Crippen LogP contribution is -2.40. The van der Waals surface area contributed by atoms with Gasteiger partial charge < -0.3 is 20.5 Å². The van der Waals surface area contributed by atoms with Crippen molar-refractivity contribution in [3.8, 4) is 11.3 Å². The van der Waals surface area contributed by atoms with Gasteiger partial charge in [0, 0.05) is 24.2 Å². The lowest BCUT2D eigenvalue weighted by atomic mass is 10.1. The van der Waals surface area contributed by atoms with Gasteiger partial charge in [-0.15, -0.1) is 0 Å². The molecule has 0 bridgehead atoms. The lowest BCUT2D eigenvalue weighted by Gasteiger charge is -2.21. The van der Waals surface area contributed by atoms with Gasteiger partial charge in [-0.3, -0.25) is 9.59 Å². The number of nitrogens with one attached hydrogen (secondary N) is 1. The van der Waals surface area contributed by atoms with Crippen molar-refractivity contribution in [2.24, 2.45) is 5.73 Å². The molecular weight excluding hydrogens is 368 g/mol. The van der Waals surface area contributed by atoms with Gasteiger partial charge >= 0.3 is 0 Å². The average Bonchev–Trinajstić information content (AvgIpc) is 3.16. The van der Waals surface area contributed by atoms with Gasteiger partial charge in [0.15, 0.2) is 5.76 Å². The Balaban J connectivity index is 2.15. The van der Waals surface area contributed by atoms with Gasteiger partial charge in [0.05, 0.1) is 12.7 Å². The van der Waals surface area contributed by atoms with Crippen LogP contribution in [0.4, 0.5) is 0 Å². The monoisotopic (exact) mass is 392 g/mol. The Morgan fingerprint density at radius 3 is 2.56 bits per heavy atom. The normalized spacial score (nSPS) is 10.6. The maximum absolute atomic E-state index is 13.0. The van der Waals surface area contributed by atoms with Gasteiger partial charge in [-0.2, -0.15) is 0 Å². The van der Waals surface area contributed by atoms with Crippen LogP contribution in [-0.2, 0) is 4.79 Å². The van der Waals surface area contributed by atoms with Crippen LogP contribution in [0, 0.1) is 0 Å². The molecule has 1 heterocycles. The van der Waals surface area contributed by atoms with Gasteiger partial charge in [0.1, 0.15) is 5.56 Å². The van der Waals surface area contributed by atoms with E-state index >= 15 is 0 Å². The maximum atomic E-state index is 13.0. The first-order chi connectivity index (χ1) is 13.1. The number of carbonyl (C=O) groups excluding carboxylic acids is 2. The Bertz CT molecular complexity index is 746. The third-order valence-corrected chi connectivity index (χ3v) is 4.44. The number of halogens is 1. The summed E-state index contributed by atoms with van der Waals surface area (Å²) in [5.74, 6) is -0.153. The van der Waals surface area contributed by atoms with Gasteiger partial charge in [-0.25, -0.2) is 0 Å². The molecule has 0 atom stereocenters. The van der Waals surface area contributed by atoms with Crippen molar-refractivity contribution in [3.05, 3.63) is 41.0 Å². The van der Waals surface area contributed by atoms with E-state index in [-0.39, 0.29) is 18.4 Å². The molecule has 0 radical (unpaired) electrons. The third kappa shape index (κ3) is 6.08. The van der Waals surface area contributed by atoms with E-state index in [0.717, 1.165) is 25.7 Å². The first-order valence-corrected chi connectivity index (χ1v) is 9.35. The standard InChI is InChI=1S/C19H25ClN4O3/c1-22-17(25)13-24(11-5-3-2-4-10-21)19(26)16-12-23-27-18(16)14-6-8-15(20)9-7-14/h6-9,12H,2-5,10-11,13,21H2,1H3,(H,22,25). The summed E-state index contributed by atoms with van der Waals surface area (Å²) < 4.78 is 5.30. The first kappa shape index (κ1) is 20.9. The zero-order valence-corrected chi connectivity index (χ0v) is 16.2. The number of rotatable bonds is 10. The van der Waals surface area contributed by atoms with E-state index in [1.807, 2.05) is 0 Å². The Kier molecular flexibility index (Phi) is 8.29. The highest BCUT2D eigenvalue weighted by Gasteiger charge is 2.24. The number of hydrogen-bond donors (Lipinski definition) is 2. The Morgan fingerprint density at radius 2 is 1.89 bits per heavy atom. The topological polar surface area (TPSA) is 101 Å². The summed E-state index contributed by atoms with van der Waals surface area (Å²) in [6.07, 6.45) is 5.09. The Labute approximate surface area is 163 Å². The highest BCUT2D eigenvalue weighted by atomic mass is 35.5. The molecule has 0 aliphatic carbocycles. The quantitative estimate of drug-likeness (QED) is 0.605. The molecule has 0 aliphatic heterocycles. The van der Waals surface area contributed by atoms with Gasteiger partial charge in [-0.05, 0) is 43.7 Å². The largest absolute Gasteiger partial charge is 0.358 e. The average molecular weight is 393 g/mol. The van der Waals surface area contributed by atoms with Crippen LogP contribution in [0.1, 0.15) is 36.0 Å². The second-order valence-electron chi connectivity index (χ2n) is 6.18. The van der Waals surface area contributed by atoms with Crippen LogP contribution in [0.3, 0.4) is 0 Å². The minimum absolute atomic E-state index is 0.0164. The van der Waals surface area contributed by atoms with Crippen LogP contribution in [0.5, 0.6) is 0 Å². The summed E-state index contributed by atoms with van der Waals surface area (Å²) in [7, 11) is 1.55. The molecule has 2 rings (SSSR count). The van der Waals surface area contributed by atoms with Crippen LogP contribution >= 0.6 is 11.6 Å². The number of amides is 2. The molecule has 0 unspecified atom stereocenters. The maximum Gasteiger partial charge on any atom is 0.259 e. The highest BCUT2D eigenvalue weighted by Crippen LogP contribution is 2.26. The number of hydrogen-bond acceptors (Lipinski definition) is 5. The number of benzene rings is 1. The van der Waals surface area contributed by atoms with E-state index in [1.54, 1.807) is 31.3 Å². The van der Waals surface area contributed by atoms with Crippen LogP contribution in [0.2, 0.25) is 5.02 Å². The predicted molar refractivity (Wildman–Crippen MR) is 104 cm³/mol. The smallest absolute Gasteiger partial charge is 0.259 e. The van der Waals surface area contributed by atoms with Crippen LogP contribution in [0.15, 0.2) is 35.0 Å². The lowest BCUT2D eigenvalue weighted by molar-refractivity contribution is -0.121. The molecular formula is C19H25ClN4O3. The Hall–Kier alpha value is -2.38. The number of aromatic nitrogens is 1. The fourth-order valence-electron chi connectivity index (χ4n) is 2.68. The van der Waals surface area contributed by atoms with Crippen molar-refractivity contribution >= 4 is 23.4 Å². The van der Waals surface area contributed by atoms with Crippen molar-refractivity contribution in [1.82, 2.24) is 15.4 Å². The summed E-state index contributed by atoms with van der Waals surface area (Å²) in [5, 5.41) is 6.92. The zero-order chi connectivity index (χ0) is 19.6. The molecule has 2 amide bonds. The summed E-state index contributed by atoms with van der Waals surface area (Å²) in [5.41, 5.74) is 6.52. The molecule has 3 N–H and O–H groups in total. The van der Waals surface area contributed by atoms with Crippen LogP contribution in [-0.4, -0.2) is 48.6 Å². The van der Waals surface area contributed by atoms with Crippen LogP contribution < -0.4 is 11.1 Å². The van der Waals surface area contributed by atoms with E-state index in [1.165, 1.54) is 11.1 Å². The molecule has 0 saturated heterocycles. The number of unbranched alkanes of at least 4 members (excludes halogenated alkanes) is 3. The molecule has 146 valence electrons. The van der Waals surface area contributed by atoms with E-state index in [2.05, 4.69) is 10.5 Å². The van der Waals surface area contributed by atoms with Crippen molar-refractivity contribution in [2.45, 2.75) is 25.7 Å². The van der Waals surface area contributed by atoms with Gasteiger partial charge in [-0.1, -0.05) is 29.6 Å². The van der Waals surface area contributed by atoms with E-state index in [4.69, 9.17) is 21.9 Å². The van der Waals surface area contributed by atoms with Crippen molar-refractivity contribution in [1.29, 1.82) is 0 Å². The number of likely N-dealkylation sites (N-methyl/N-ethyl adjacent to an activating group) is 1. The summed E-state index contributed by atoms with van der Waals surface area (Å²) in [6, 6.07) is 6.95. The SMILES string of the molecule is CNC(=O)CN(CCCCCCN)C(=O)c1cnoc1-c1ccc(Cl)cc1. The molecule has 0 saturated carbocycles. The van der Waals surface area contributed by atoms with E-state index in [9.17, 15) is 9.59 Å². The summed E-state index contributed by atoms with van der Waals surface area (Å²) >= 11 is 5.92. The Morgan fingerprint density at radius 1 is 1.19 bits per heavy atom. The molecule has 0 spiro atoms. The highest BCUT2D eigenvalue weighted by molar-refractivity contribution is 6.30. The van der Waals surface area contributed by atoms with Crippen LogP contribution in [0.25, 0.3) is 11.3 Å². The number of carbonyl (C=O) groups is 2. The molecule has 1 aromatic carbocycles. The third-order valence-electron chi connectivity index (χ3n) is 4.19. The fraction of sp³-hybridized carbons (Fsp3) is 0.421. The van der Waals surface area contributed by atoms with Gasteiger partial charge in [0.25, 0.3) is 5.91 Å². The minimum atomic E-state index is -0.288. The number of nitrogens with two attached hydrogens (primary N) is 1. The minimum Gasteiger partial charge on any atom is -0.358 e. The molecule has 0 aliphatic rings. The van der Waals surface area contributed by atoms with Crippen molar-refractivity contribution in [2.75, 3.05) is 26.7 Å². The summed E-state index contributed by atoms with van der Waals surface area (Å²) in [6.45, 7) is 1.12. The molecule has 2 aromatic rings. The molecule has 7 nitrogen and oxygen atoms in total. The molecule has 1 aromatic heterocycles. The molecule has 0 fully saturated rings. The molecule has 27 heavy (non-hydrogen) atoms. The van der Waals surface area contributed by atoms with Crippen molar-refractivity contribution < 1.29 is 14.1 Å². The fourth-order valence-corrected chi connectivity index (χ4v) is 2.80.